The van der Waals surface area contributed by atoms with E-state index in [1.807, 2.05) is 6.07 Å². The Labute approximate surface area is 192 Å². The van der Waals surface area contributed by atoms with Gasteiger partial charge in [-0.1, -0.05) is 18.2 Å². The molecule has 3 aromatic rings. The van der Waals surface area contributed by atoms with Crippen LogP contribution in [0.4, 0.5) is 0 Å². The molecule has 0 bridgehead atoms. The first-order valence-electron chi connectivity index (χ1n) is 10.6. The van der Waals surface area contributed by atoms with E-state index < -0.39 is 0 Å². The van der Waals surface area contributed by atoms with Crippen molar-refractivity contribution >= 4 is 33.3 Å². The van der Waals surface area contributed by atoms with Gasteiger partial charge in [0.1, 0.15) is 12.4 Å². The number of nitrogens with two attached hydrogens (primary N) is 4. The fraction of sp³-hybridized carbons (Fsp3) is 0.304. The number of benzene rings is 2. The van der Waals surface area contributed by atoms with Crippen molar-refractivity contribution in [3.8, 4) is 16.2 Å². The Morgan fingerprint density at radius 2 is 1.69 bits per heavy atom. The Kier molecular flexibility index (Phi) is 8.70. The summed E-state index contributed by atoms with van der Waals surface area (Å²) < 4.78 is 7.24. The van der Waals surface area contributed by atoms with Crippen molar-refractivity contribution in [1.29, 1.82) is 0 Å². The Hall–Kier alpha value is -3.30. The predicted octanol–water partition coefficient (Wildman–Crippen LogP) is 2.36. The molecule has 0 saturated heterocycles. The summed E-state index contributed by atoms with van der Waals surface area (Å²) in [6, 6.07) is 17.0. The Morgan fingerprint density at radius 1 is 0.906 bits per heavy atom. The molecule has 2 aromatic carbocycles. The molecule has 0 unspecified atom stereocenters. The first kappa shape index (κ1) is 23.4. The molecule has 9 N–H and O–H groups in total. The molecule has 8 nitrogen and oxygen atoms in total. The van der Waals surface area contributed by atoms with Gasteiger partial charge >= 0.3 is 0 Å². The van der Waals surface area contributed by atoms with Gasteiger partial charge in [-0.3, -0.25) is 9.98 Å². The molecular formula is C23H31N7OS. The Bertz CT molecular complexity index is 1040. The summed E-state index contributed by atoms with van der Waals surface area (Å²) >= 11 is 1.79. The highest BCUT2D eigenvalue weighted by Crippen LogP contribution is 2.35. The SMILES string of the molecule is NC(N)=NCCCCNCc1cc(-c2cc3ccccc3s2)ccc1OCCN=C(N)N. The number of fused-ring (bicyclic) bond motifs is 1. The van der Waals surface area contributed by atoms with Crippen LogP contribution in [0.2, 0.25) is 0 Å². The molecule has 1 heterocycles. The number of aliphatic imine (C=N–C) groups is 2. The number of unbranched alkanes of at least 4 members (excludes halogenated alkanes) is 1. The van der Waals surface area contributed by atoms with Gasteiger partial charge in [0.2, 0.25) is 0 Å². The van der Waals surface area contributed by atoms with Gasteiger partial charge in [-0.15, -0.1) is 11.3 Å². The zero-order chi connectivity index (χ0) is 22.8. The third kappa shape index (κ3) is 7.14. The number of ether oxygens (including phenoxy) is 1. The third-order valence-electron chi connectivity index (χ3n) is 4.79. The van der Waals surface area contributed by atoms with Crippen molar-refractivity contribution < 1.29 is 4.74 Å². The Morgan fingerprint density at radius 3 is 2.47 bits per heavy atom. The summed E-state index contributed by atoms with van der Waals surface area (Å²) in [6.45, 7) is 3.02. The van der Waals surface area contributed by atoms with E-state index in [0.29, 0.717) is 26.2 Å². The van der Waals surface area contributed by atoms with E-state index >= 15 is 0 Å². The van der Waals surface area contributed by atoms with E-state index in [0.717, 1.165) is 30.7 Å². The molecule has 32 heavy (non-hydrogen) atoms. The van der Waals surface area contributed by atoms with Crippen LogP contribution in [0, 0.1) is 0 Å². The number of nitrogens with zero attached hydrogens (tertiary/aromatic N) is 2. The van der Waals surface area contributed by atoms with Crippen LogP contribution in [0.1, 0.15) is 18.4 Å². The minimum absolute atomic E-state index is 0.0660. The van der Waals surface area contributed by atoms with Crippen LogP contribution >= 0.6 is 11.3 Å². The number of hydrogen-bond acceptors (Lipinski definition) is 5. The number of nitrogens with one attached hydrogen (secondary N) is 1. The molecular weight excluding hydrogens is 422 g/mol. The molecule has 170 valence electrons. The lowest BCUT2D eigenvalue weighted by Crippen LogP contribution is -2.23. The number of guanidine groups is 2. The van der Waals surface area contributed by atoms with Crippen LogP contribution in [-0.4, -0.2) is 38.2 Å². The number of hydrogen-bond donors (Lipinski definition) is 5. The molecule has 0 atom stereocenters. The molecule has 0 spiro atoms. The normalized spacial score (nSPS) is 10.8. The predicted molar refractivity (Wildman–Crippen MR) is 135 cm³/mol. The van der Waals surface area contributed by atoms with Gasteiger partial charge in [-0.2, -0.15) is 0 Å². The average Bonchev–Trinajstić information content (AvgIpc) is 3.20. The minimum atomic E-state index is 0.0660. The van der Waals surface area contributed by atoms with Gasteiger partial charge in [0, 0.05) is 28.2 Å². The van der Waals surface area contributed by atoms with Gasteiger partial charge in [-0.05, 0) is 60.7 Å². The molecule has 3 rings (SSSR count). The second kappa shape index (κ2) is 11.9. The lowest BCUT2D eigenvalue weighted by atomic mass is 10.1. The quantitative estimate of drug-likeness (QED) is 0.161. The van der Waals surface area contributed by atoms with Crippen molar-refractivity contribution in [3.05, 3.63) is 54.1 Å². The van der Waals surface area contributed by atoms with Crippen molar-refractivity contribution in [2.24, 2.45) is 32.9 Å². The maximum atomic E-state index is 5.96. The summed E-state index contributed by atoms with van der Waals surface area (Å²) in [6.07, 6.45) is 1.90. The first-order chi connectivity index (χ1) is 15.5. The summed E-state index contributed by atoms with van der Waals surface area (Å²) in [5, 5.41) is 4.74. The highest BCUT2D eigenvalue weighted by molar-refractivity contribution is 7.22. The van der Waals surface area contributed by atoms with E-state index in [9.17, 15) is 0 Å². The zero-order valence-electron chi connectivity index (χ0n) is 18.1. The summed E-state index contributed by atoms with van der Waals surface area (Å²) in [5.41, 5.74) is 23.8. The summed E-state index contributed by atoms with van der Waals surface area (Å²) in [4.78, 5) is 9.22. The van der Waals surface area contributed by atoms with Crippen molar-refractivity contribution in [2.45, 2.75) is 19.4 Å². The summed E-state index contributed by atoms with van der Waals surface area (Å²) in [5.74, 6) is 1.03. The smallest absolute Gasteiger partial charge is 0.186 e. The van der Waals surface area contributed by atoms with Crippen molar-refractivity contribution in [1.82, 2.24) is 5.32 Å². The summed E-state index contributed by atoms with van der Waals surface area (Å²) in [7, 11) is 0. The lowest BCUT2D eigenvalue weighted by molar-refractivity contribution is 0.324. The largest absolute Gasteiger partial charge is 0.491 e. The molecule has 0 aliphatic rings. The Balaban J connectivity index is 1.68. The lowest BCUT2D eigenvalue weighted by Gasteiger charge is -2.13. The minimum Gasteiger partial charge on any atom is -0.491 e. The fourth-order valence-electron chi connectivity index (χ4n) is 3.26. The average molecular weight is 454 g/mol. The first-order valence-corrected chi connectivity index (χ1v) is 11.4. The van der Waals surface area contributed by atoms with Crippen molar-refractivity contribution in [2.75, 3.05) is 26.2 Å². The van der Waals surface area contributed by atoms with Gasteiger partial charge in [-0.25, -0.2) is 0 Å². The van der Waals surface area contributed by atoms with Crippen LogP contribution in [0.25, 0.3) is 20.5 Å². The molecule has 9 heteroatoms. The van der Waals surface area contributed by atoms with Crippen molar-refractivity contribution in [3.63, 3.8) is 0 Å². The highest BCUT2D eigenvalue weighted by atomic mass is 32.1. The van der Waals surface area contributed by atoms with Gasteiger partial charge in [0.15, 0.2) is 11.9 Å². The monoisotopic (exact) mass is 453 g/mol. The van der Waals surface area contributed by atoms with Crippen LogP contribution in [-0.2, 0) is 6.54 Å². The third-order valence-corrected chi connectivity index (χ3v) is 5.95. The van der Waals surface area contributed by atoms with E-state index in [1.54, 1.807) is 11.3 Å². The maximum Gasteiger partial charge on any atom is 0.186 e. The number of rotatable bonds is 12. The van der Waals surface area contributed by atoms with Crippen LogP contribution in [0.15, 0.2) is 58.5 Å². The molecule has 0 aliphatic carbocycles. The van der Waals surface area contributed by atoms with Crippen LogP contribution in [0.3, 0.4) is 0 Å². The highest BCUT2D eigenvalue weighted by Gasteiger charge is 2.09. The number of thiophene rings is 1. The van der Waals surface area contributed by atoms with E-state index in [-0.39, 0.29) is 11.9 Å². The van der Waals surface area contributed by atoms with Crippen LogP contribution < -0.4 is 33.0 Å². The molecule has 0 aliphatic heterocycles. The molecule has 0 amide bonds. The standard InChI is InChI=1S/C23H31N7OS/c24-22(25)29-10-4-3-9-28-15-18-13-17(7-8-19(18)31-12-11-30-23(26)27)21-14-16-5-1-2-6-20(16)32-21/h1-2,5-8,13-14,28H,3-4,9-12,15H2,(H4,24,25,29)(H4,26,27,30). The maximum absolute atomic E-state index is 5.96. The molecule has 0 saturated carbocycles. The molecule has 0 fully saturated rings. The topological polar surface area (TPSA) is 150 Å². The van der Waals surface area contributed by atoms with Crippen LogP contribution in [0.5, 0.6) is 5.75 Å². The van der Waals surface area contributed by atoms with E-state index in [4.69, 9.17) is 27.7 Å². The van der Waals surface area contributed by atoms with Gasteiger partial charge in [0.05, 0.1) is 6.54 Å². The molecule has 1 aromatic heterocycles. The zero-order valence-corrected chi connectivity index (χ0v) is 18.9. The fourth-order valence-corrected chi connectivity index (χ4v) is 4.32. The van der Waals surface area contributed by atoms with E-state index in [2.05, 4.69) is 57.8 Å². The second-order valence-corrected chi connectivity index (χ2v) is 8.40. The molecule has 0 radical (unpaired) electrons. The van der Waals surface area contributed by atoms with E-state index in [1.165, 1.54) is 20.5 Å². The van der Waals surface area contributed by atoms with Gasteiger partial charge in [0.25, 0.3) is 0 Å². The second-order valence-electron chi connectivity index (χ2n) is 7.32. The van der Waals surface area contributed by atoms with Gasteiger partial charge < -0.3 is 33.0 Å².